The molecular formula is C24H31NO4S. The number of para-hydroxylation sites is 1. The fourth-order valence-corrected chi connectivity index (χ4v) is 4.95. The first-order valence-electron chi connectivity index (χ1n) is 10.5. The summed E-state index contributed by atoms with van der Waals surface area (Å²) in [6, 6.07) is 17.2. The van der Waals surface area contributed by atoms with Crippen molar-refractivity contribution in [3.05, 3.63) is 60.2 Å². The van der Waals surface area contributed by atoms with Crippen molar-refractivity contribution >= 4 is 15.7 Å². The van der Waals surface area contributed by atoms with Gasteiger partial charge in [-0.15, -0.1) is 0 Å². The van der Waals surface area contributed by atoms with E-state index >= 15 is 0 Å². The van der Waals surface area contributed by atoms with Gasteiger partial charge in [-0.2, -0.15) is 0 Å². The summed E-state index contributed by atoms with van der Waals surface area (Å²) >= 11 is 0. The molecule has 0 aromatic heterocycles. The highest BCUT2D eigenvalue weighted by molar-refractivity contribution is 7.92. The number of rotatable bonds is 6. The monoisotopic (exact) mass is 429 g/mol. The van der Waals surface area contributed by atoms with Crippen LogP contribution in [-0.4, -0.2) is 42.8 Å². The van der Waals surface area contributed by atoms with Crippen LogP contribution < -0.4 is 4.74 Å². The van der Waals surface area contributed by atoms with Gasteiger partial charge in [0.1, 0.15) is 11.5 Å². The minimum atomic E-state index is -3.13. The zero-order valence-electron chi connectivity index (χ0n) is 18.0. The standard InChI is InChI=1S/C24H31NO4S/c1-24(2,3)30(27,28)18-20-13-15-25(16-14-20)23(26)17-19-9-11-22(12-10-19)29-21-7-5-4-6-8-21/h4-12,20H,13-18H2,1-3H3. The second kappa shape index (κ2) is 9.21. The van der Waals surface area contributed by atoms with Gasteiger partial charge in [0.25, 0.3) is 0 Å². The summed E-state index contributed by atoms with van der Waals surface area (Å²) in [6.45, 7) is 6.49. The molecule has 0 unspecified atom stereocenters. The zero-order chi connectivity index (χ0) is 21.8. The first-order valence-corrected chi connectivity index (χ1v) is 12.1. The van der Waals surface area contributed by atoms with E-state index in [9.17, 15) is 13.2 Å². The van der Waals surface area contributed by atoms with Crippen molar-refractivity contribution in [2.75, 3.05) is 18.8 Å². The number of hydrogen-bond acceptors (Lipinski definition) is 4. The molecular weight excluding hydrogens is 398 g/mol. The van der Waals surface area contributed by atoms with E-state index in [0.717, 1.165) is 29.9 Å². The second-order valence-corrected chi connectivity index (χ2v) is 11.7. The Morgan fingerprint density at radius 1 is 0.967 bits per heavy atom. The largest absolute Gasteiger partial charge is 0.457 e. The number of ether oxygens (including phenoxy) is 1. The third-order valence-corrected chi connectivity index (χ3v) is 8.39. The molecule has 0 spiro atoms. The summed E-state index contributed by atoms with van der Waals surface area (Å²) in [6.07, 6.45) is 1.83. The summed E-state index contributed by atoms with van der Waals surface area (Å²) < 4.78 is 29.9. The Kier molecular flexibility index (Phi) is 6.86. The van der Waals surface area contributed by atoms with Crippen LogP contribution in [0.3, 0.4) is 0 Å². The lowest BCUT2D eigenvalue weighted by Crippen LogP contribution is -2.42. The van der Waals surface area contributed by atoms with Crippen LogP contribution in [0.2, 0.25) is 0 Å². The maximum absolute atomic E-state index is 12.7. The number of piperidine rings is 1. The van der Waals surface area contributed by atoms with Crippen LogP contribution in [0, 0.1) is 5.92 Å². The maximum Gasteiger partial charge on any atom is 0.226 e. The molecule has 1 saturated heterocycles. The van der Waals surface area contributed by atoms with Gasteiger partial charge < -0.3 is 9.64 Å². The minimum absolute atomic E-state index is 0.0869. The Balaban J connectivity index is 1.49. The highest BCUT2D eigenvalue weighted by atomic mass is 32.2. The number of amides is 1. The fraction of sp³-hybridized carbons (Fsp3) is 0.458. The average Bonchev–Trinajstić information content (AvgIpc) is 2.70. The molecule has 0 radical (unpaired) electrons. The van der Waals surface area contributed by atoms with Crippen LogP contribution >= 0.6 is 0 Å². The second-order valence-electron chi connectivity index (χ2n) is 8.95. The van der Waals surface area contributed by atoms with E-state index in [2.05, 4.69) is 0 Å². The summed E-state index contributed by atoms with van der Waals surface area (Å²) in [5, 5.41) is 0. The molecule has 162 valence electrons. The first-order chi connectivity index (χ1) is 14.1. The highest BCUT2D eigenvalue weighted by Gasteiger charge is 2.33. The third kappa shape index (κ3) is 5.85. The van der Waals surface area contributed by atoms with Gasteiger partial charge in [-0.3, -0.25) is 4.79 Å². The van der Waals surface area contributed by atoms with E-state index in [1.165, 1.54) is 0 Å². The molecule has 6 heteroatoms. The van der Waals surface area contributed by atoms with Gasteiger partial charge in [0, 0.05) is 13.1 Å². The van der Waals surface area contributed by atoms with E-state index in [1.807, 2.05) is 59.5 Å². The number of likely N-dealkylation sites (tertiary alicyclic amines) is 1. The van der Waals surface area contributed by atoms with Gasteiger partial charge in [0.15, 0.2) is 9.84 Å². The predicted molar refractivity (Wildman–Crippen MR) is 120 cm³/mol. The topological polar surface area (TPSA) is 63.7 Å². The molecule has 1 heterocycles. The summed E-state index contributed by atoms with van der Waals surface area (Å²) in [5.41, 5.74) is 0.942. The smallest absolute Gasteiger partial charge is 0.226 e. The molecule has 0 atom stereocenters. The van der Waals surface area contributed by atoms with Gasteiger partial charge in [-0.05, 0) is 69.4 Å². The SMILES string of the molecule is CC(C)(C)S(=O)(=O)CC1CCN(C(=O)Cc2ccc(Oc3ccccc3)cc2)CC1. The molecule has 1 aliphatic heterocycles. The van der Waals surface area contributed by atoms with Crippen molar-refractivity contribution in [1.82, 2.24) is 4.90 Å². The van der Waals surface area contributed by atoms with Crippen molar-refractivity contribution in [2.24, 2.45) is 5.92 Å². The average molecular weight is 430 g/mol. The molecule has 0 N–H and O–H groups in total. The number of carbonyl (C=O) groups excluding carboxylic acids is 1. The first kappa shape index (κ1) is 22.3. The molecule has 2 aromatic carbocycles. The molecule has 2 aromatic rings. The minimum Gasteiger partial charge on any atom is -0.457 e. The van der Waals surface area contributed by atoms with Gasteiger partial charge >= 0.3 is 0 Å². The van der Waals surface area contributed by atoms with Crippen molar-refractivity contribution in [1.29, 1.82) is 0 Å². The van der Waals surface area contributed by atoms with Crippen LogP contribution in [0.25, 0.3) is 0 Å². The van der Waals surface area contributed by atoms with E-state index < -0.39 is 14.6 Å². The molecule has 1 fully saturated rings. The van der Waals surface area contributed by atoms with Gasteiger partial charge in [-0.25, -0.2) is 8.42 Å². The van der Waals surface area contributed by atoms with Gasteiger partial charge in [0.2, 0.25) is 5.91 Å². The van der Waals surface area contributed by atoms with Gasteiger partial charge in [-0.1, -0.05) is 30.3 Å². The van der Waals surface area contributed by atoms with Crippen LogP contribution in [-0.2, 0) is 21.1 Å². The zero-order valence-corrected chi connectivity index (χ0v) is 18.8. The molecule has 30 heavy (non-hydrogen) atoms. The molecule has 5 nitrogen and oxygen atoms in total. The Morgan fingerprint density at radius 3 is 2.10 bits per heavy atom. The summed E-state index contributed by atoms with van der Waals surface area (Å²) in [7, 11) is -3.13. The lowest BCUT2D eigenvalue weighted by molar-refractivity contribution is -0.131. The number of sulfone groups is 1. The molecule has 1 amide bonds. The maximum atomic E-state index is 12.7. The number of nitrogens with zero attached hydrogens (tertiary/aromatic N) is 1. The van der Waals surface area contributed by atoms with E-state index in [4.69, 9.17) is 4.74 Å². The molecule has 0 bridgehead atoms. The fourth-order valence-electron chi connectivity index (χ4n) is 3.50. The van der Waals surface area contributed by atoms with E-state index in [-0.39, 0.29) is 17.6 Å². The molecule has 1 aliphatic rings. The van der Waals surface area contributed by atoms with Crippen molar-refractivity contribution < 1.29 is 17.9 Å². The Bertz CT molecular complexity index is 939. The Morgan fingerprint density at radius 2 is 1.53 bits per heavy atom. The lowest BCUT2D eigenvalue weighted by atomic mass is 9.98. The van der Waals surface area contributed by atoms with Crippen LogP contribution in [0.5, 0.6) is 11.5 Å². The van der Waals surface area contributed by atoms with Crippen LogP contribution in [0.15, 0.2) is 54.6 Å². The number of benzene rings is 2. The highest BCUT2D eigenvalue weighted by Crippen LogP contribution is 2.26. The summed E-state index contributed by atoms with van der Waals surface area (Å²) in [5.74, 6) is 1.94. The lowest BCUT2D eigenvalue weighted by Gasteiger charge is -2.33. The van der Waals surface area contributed by atoms with Crippen LogP contribution in [0.1, 0.15) is 39.2 Å². The summed E-state index contributed by atoms with van der Waals surface area (Å²) in [4.78, 5) is 14.5. The Labute approximate surface area is 180 Å². The number of carbonyl (C=O) groups is 1. The van der Waals surface area contributed by atoms with Gasteiger partial charge in [0.05, 0.1) is 16.9 Å². The normalized spacial score (nSPS) is 15.8. The third-order valence-electron chi connectivity index (χ3n) is 5.61. The molecule has 0 aliphatic carbocycles. The van der Waals surface area contributed by atoms with E-state index in [0.29, 0.717) is 19.5 Å². The molecule has 0 saturated carbocycles. The predicted octanol–water partition coefficient (Wildman–Crippen LogP) is 4.47. The van der Waals surface area contributed by atoms with Crippen LogP contribution in [0.4, 0.5) is 0 Å². The van der Waals surface area contributed by atoms with Crippen molar-refractivity contribution in [3.63, 3.8) is 0 Å². The number of hydrogen-bond donors (Lipinski definition) is 0. The molecule has 3 rings (SSSR count). The van der Waals surface area contributed by atoms with Crippen molar-refractivity contribution in [2.45, 2.75) is 44.8 Å². The van der Waals surface area contributed by atoms with Crippen molar-refractivity contribution in [3.8, 4) is 11.5 Å². The quantitative estimate of drug-likeness (QED) is 0.679. The van der Waals surface area contributed by atoms with E-state index in [1.54, 1.807) is 20.8 Å². The Hall–Kier alpha value is -2.34.